The summed E-state index contributed by atoms with van der Waals surface area (Å²) >= 11 is 5.82. The Balaban J connectivity index is 1.91. The van der Waals surface area contributed by atoms with Crippen molar-refractivity contribution in [2.75, 3.05) is 6.54 Å². The fourth-order valence-electron chi connectivity index (χ4n) is 2.49. The third kappa shape index (κ3) is 1.42. The van der Waals surface area contributed by atoms with Crippen LogP contribution >= 0.6 is 11.6 Å². The molecular weight excluding hydrogens is 248 g/mol. The molecule has 0 unspecified atom stereocenters. The molecular formula is C13H11ClN4. The molecule has 2 aromatic rings. The van der Waals surface area contributed by atoms with Crippen LogP contribution in [0.15, 0.2) is 23.3 Å². The molecule has 0 saturated heterocycles. The Bertz CT molecular complexity index is 703. The van der Waals surface area contributed by atoms with Gasteiger partial charge in [0.05, 0.1) is 19.3 Å². The van der Waals surface area contributed by atoms with E-state index in [-0.39, 0.29) is 10.7 Å². The summed E-state index contributed by atoms with van der Waals surface area (Å²) in [6, 6.07) is 2.21. The highest BCUT2D eigenvalue weighted by Crippen LogP contribution is 2.50. The van der Waals surface area contributed by atoms with Crippen molar-refractivity contribution in [1.82, 2.24) is 15.0 Å². The molecule has 2 aromatic heterocycles. The summed E-state index contributed by atoms with van der Waals surface area (Å²) < 4.78 is 8.29. The minimum Gasteiger partial charge on any atom is -0.356 e. The predicted octanol–water partition coefficient (Wildman–Crippen LogP) is 2.59. The standard InChI is InChI=1S/C13H11ClN4/c14-12-16-4-1-9(18-12)10-5-8-6-15-7-13(2-3-13)11(8)17-10/h1,4-6,17H,2-3,7H2/i5D. The van der Waals surface area contributed by atoms with Crippen molar-refractivity contribution in [1.29, 1.82) is 0 Å². The van der Waals surface area contributed by atoms with Gasteiger partial charge >= 0.3 is 0 Å². The van der Waals surface area contributed by atoms with E-state index in [2.05, 4.69) is 19.9 Å². The number of rotatable bonds is 1. The van der Waals surface area contributed by atoms with Gasteiger partial charge in [-0.15, -0.1) is 0 Å². The highest BCUT2D eigenvalue weighted by Gasteiger charge is 2.47. The van der Waals surface area contributed by atoms with Crippen molar-refractivity contribution < 1.29 is 1.37 Å². The highest BCUT2D eigenvalue weighted by molar-refractivity contribution is 6.28. The Hall–Kier alpha value is -1.68. The molecule has 1 aliphatic heterocycles. The summed E-state index contributed by atoms with van der Waals surface area (Å²) in [7, 11) is 0. The summed E-state index contributed by atoms with van der Waals surface area (Å²) in [6.45, 7) is 0.823. The molecule has 0 bridgehead atoms. The molecule has 0 amide bonds. The largest absolute Gasteiger partial charge is 0.356 e. The molecule has 1 spiro atoms. The zero-order chi connectivity index (χ0) is 13.0. The Kier molecular flexibility index (Phi) is 1.76. The van der Waals surface area contributed by atoms with Crippen molar-refractivity contribution in [2.45, 2.75) is 18.3 Å². The smallest absolute Gasteiger partial charge is 0.222 e. The van der Waals surface area contributed by atoms with Gasteiger partial charge < -0.3 is 4.98 Å². The van der Waals surface area contributed by atoms with E-state index in [0.717, 1.165) is 30.6 Å². The number of fused-ring (bicyclic) bond motifs is 2. The van der Waals surface area contributed by atoms with Gasteiger partial charge in [-0.3, -0.25) is 4.99 Å². The molecule has 5 heteroatoms. The number of aromatic amines is 1. The normalized spacial score (nSPS) is 19.7. The van der Waals surface area contributed by atoms with Crippen LogP contribution in [0.1, 0.15) is 25.5 Å². The lowest BCUT2D eigenvalue weighted by Crippen LogP contribution is -2.17. The third-order valence-electron chi connectivity index (χ3n) is 3.66. The minimum atomic E-state index is 0.148. The van der Waals surface area contributed by atoms with Gasteiger partial charge in [0.2, 0.25) is 5.28 Å². The monoisotopic (exact) mass is 259 g/mol. The van der Waals surface area contributed by atoms with Gasteiger partial charge in [0.15, 0.2) is 0 Å². The summed E-state index contributed by atoms with van der Waals surface area (Å²) in [5.41, 5.74) is 3.54. The van der Waals surface area contributed by atoms with E-state index < -0.39 is 0 Å². The quantitative estimate of drug-likeness (QED) is 0.801. The highest BCUT2D eigenvalue weighted by atomic mass is 35.5. The van der Waals surface area contributed by atoms with E-state index in [4.69, 9.17) is 13.0 Å². The summed E-state index contributed by atoms with van der Waals surface area (Å²) in [5, 5.41) is 0.194. The summed E-state index contributed by atoms with van der Waals surface area (Å²) in [4.78, 5) is 15.8. The number of hydrogen-bond donors (Lipinski definition) is 1. The summed E-state index contributed by atoms with van der Waals surface area (Å²) in [6.07, 6.45) is 5.68. The zero-order valence-corrected chi connectivity index (χ0v) is 10.3. The first-order chi connectivity index (χ1) is 9.20. The van der Waals surface area contributed by atoms with Gasteiger partial charge in [-0.2, -0.15) is 0 Å². The SMILES string of the molecule is [2H]c1c(-c2ccnc(Cl)n2)[nH]c2c1C=NCC21CC1. The van der Waals surface area contributed by atoms with Crippen LogP contribution < -0.4 is 0 Å². The molecule has 4 rings (SSSR count). The molecule has 1 aliphatic carbocycles. The van der Waals surface area contributed by atoms with E-state index in [1.165, 1.54) is 0 Å². The van der Waals surface area contributed by atoms with Crippen LogP contribution in [0, 0.1) is 0 Å². The first-order valence-electron chi connectivity index (χ1n) is 6.41. The Morgan fingerprint density at radius 2 is 2.33 bits per heavy atom. The minimum absolute atomic E-state index is 0.148. The van der Waals surface area contributed by atoms with Gasteiger partial charge in [0.25, 0.3) is 0 Å². The van der Waals surface area contributed by atoms with E-state index in [0.29, 0.717) is 17.4 Å². The molecule has 1 fully saturated rings. The van der Waals surface area contributed by atoms with Crippen LogP contribution in [0.25, 0.3) is 11.4 Å². The molecule has 2 aliphatic rings. The van der Waals surface area contributed by atoms with Gasteiger partial charge in [-0.05, 0) is 36.6 Å². The number of nitrogens with one attached hydrogen (secondary N) is 1. The van der Waals surface area contributed by atoms with E-state index in [9.17, 15) is 0 Å². The lowest BCUT2D eigenvalue weighted by atomic mass is 9.97. The molecule has 18 heavy (non-hydrogen) atoms. The molecule has 3 heterocycles. The van der Waals surface area contributed by atoms with Crippen molar-refractivity contribution in [2.24, 2.45) is 4.99 Å². The van der Waals surface area contributed by atoms with Gasteiger partial charge in [-0.25, -0.2) is 9.97 Å². The maximum atomic E-state index is 8.29. The van der Waals surface area contributed by atoms with Crippen LogP contribution in [0.2, 0.25) is 5.28 Å². The fourth-order valence-corrected chi connectivity index (χ4v) is 2.64. The second-order valence-electron chi connectivity index (χ2n) is 4.87. The Morgan fingerprint density at radius 1 is 1.44 bits per heavy atom. The van der Waals surface area contributed by atoms with Crippen LogP contribution in [0.3, 0.4) is 0 Å². The van der Waals surface area contributed by atoms with Gasteiger partial charge in [-0.1, -0.05) is 0 Å². The third-order valence-corrected chi connectivity index (χ3v) is 3.84. The number of aromatic nitrogens is 3. The first-order valence-corrected chi connectivity index (χ1v) is 6.29. The second kappa shape index (κ2) is 3.42. The molecule has 0 radical (unpaired) electrons. The lowest BCUT2D eigenvalue weighted by Gasteiger charge is -2.15. The molecule has 4 nitrogen and oxygen atoms in total. The van der Waals surface area contributed by atoms with Crippen molar-refractivity contribution in [3.05, 3.63) is 34.8 Å². The lowest BCUT2D eigenvalue weighted by molar-refractivity contribution is 0.677. The molecule has 0 atom stereocenters. The number of nitrogens with zero attached hydrogens (tertiary/aromatic N) is 3. The first kappa shape index (κ1) is 9.28. The maximum absolute atomic E-state index is 8.29. The fraction of sp³-hybridized carbons (Fsp3) is 0.308. The maximum Gasteiger partial charge on any atom is 0.222 e. The van der Waals surface area contributed by atoms with Crippen LogP contribution in [0.5, 0.6) is 0 Å². The van der Waals surface area contributed by atoms with Crippen molar-refractivity contribution >= 4 is 17.8 Å². The molecule has 0 aromatic carbocycles. The van der Waals surface area contributed by atoms with Crippen LogP contribution in [-0.4, -0.2) is 27.7 Å². The summed E-state index contributed by atoms with van der Waals surface area (Å²) in [5.74, 6) is 0. The number of aliphatic imine (C=N–C) groups is 1. The topological polar surface area (TPSA) is 53.9 Å². The van der Waals surface area contributed by atoms with Gasteiger partial charge in [0, 0.05) is 29.1 Å². The number of H-pyrrole nitrogens is 1. The van der Waals surface area contributed by atoms with E-state index in [1.54, 1.807) is 18.5 Å². The molecule has 90 valence electrons. The second-order valence-corrected chi connectivity index (χ2v) is 5.21. The molecule has 1 N–H and O–H groups in total. The van der Waals surface area contributed by atoms with E-state index >= 15 is 0 Å². The number of halogens is 1. The van der Waals surface area contributed by atoms with Crippen LogP contribution in [-0.2, 0) is 5.41 Å². The average molecular weight is 260 g/mol. The zero-order valence-electron chi connectivity index (χ0n) is 10.6. The predicted molar refractivity (Wildman–Crippen MR) is 70.2 cm³/mol. The van der Waals surface area contributed by atoms with Crippen molar-refractivity contribution in [3.8, 4) is 11.4 Å². The van der Waals surface area contributed by atoms with Crippen molar-refractivity contribution in [3.63, 3.8) is 0 Å². The molecule has 1 saturated carbocycles. The van der Waals surface area contributed by atoms with E-state index in [1.807, 2.05) is 0 Å². The number of hydrogen-bond acceptors (Lipinski definition) is 3. The Labute approximate surface area is 111 Å². The average Bonchev–Trinajstić information content (AvgIpc) is 3.08. The van der Waals surface area contributed by atoms with Crippen LogP contribution in [0.4, 0.5) is 0 Å². The Morgan fingerprint density at radius 3 is 3.11 bits per heavy atom. The van der Waals surface area contributed by atoms with Gasteiger partial charge in [0.1, 0.15) is 0 Å².